The largest absolute Gasteiger partial charge is 0.463 e. The Morgan fingerprint density at radius 3 is 1.81 bits per heavy atom. The highest BCUT2D eigenvalue weighted by Crippen LogP contribution is 2.70. The van der Waals surface area contributed by atoms with E-state index in [0.29, 0.717) is 23.1 Å². The van der Waals surface area contributed by atoms with E-state index in [1.165, 1.54) is 12.1 Å². The Bertz CT molecular complexity index is 1980. The lowest BCUT2D eigenvalue weighted by Gasteiger charge is -2.54. The number of hydrogen-bond acceptors (Lipinski definition) is 9. The molecule has 0 saturated heterocycles. The van der Waals surface area contributed by atoms with Gasteiger partial charge in [-0.2, -0.15) is 0 Å². The van der Waals surface area contributed by atoms with Crippen LogP contribution in [0.15, 0.2) is 102 Å². The maximum atomic E-state index is 14.6. The zero-order valence-electron chi connectivity index (χ0n) is 25.6. The summed E-state index contributed by atoms with van der Waals surface area (Å²) in [6.45, 7) is 3.54. The number of carbonyl (C=O) groups is 2. The smallest absolute Gasteiger partial charge is 0.355 e. The van der Waals surface area contributed by atoms with Crippen molar-refractivity contribution < 1.29 is 28.9 Å². The Hall–Kier alpha value is -5.84. The van der Waals surface area contributed by atoms with Crippen molar-refractivity contribution >= 4 is 23.3 Å². The molecule has 0 bridgehead atoms. The monoisotopic (exact) mass is 631 g/mol. The van der Waals surface area contributed by atoms with Crippen LogP contribution < -0.4 is 0 Å². The van der Waals surface area contributed by atoms with Gasteiger partial charge in [0.25, 0.3) is 11.4 Å². The van der Waals surface area contributed by atoms with E-state index in [9.17, 15) is 29.8 Å². The van der Waals surface area contributed by atoms with Crippen molar-refractivity contribution in [1.29, 1.82) is 0 Å². The minimum Gasteiger partial charge on any atom is -0.463 e. The highest BCUT2D eigenvalue weighted by Gasteiger charge is 2.73. The number of nitrogens with zero attached hydrogens (tertiary/aromatic N) is 3. The summed E-state index contributed by atoms with van der Waals surface area (Å²) in [6.07, 6.45) is 0.452. The second kappa shape index (κ2) is 10.9. The molecule has 0 radical (unpaired) electrons. The quantitative estimate of drug-likeness (QED) is 0.137. The fourth-order valence-corrected chi connectivity index (χ4v) is 8.12. The zero-order valence-corrected chi connectivity index (χ0v) is 25.6. The second-order valence-electron chi connectivity index (χ2n) is 11.5. The number of ether oxygens (including phenoxy) is 2. The number of esters is 2. The van der Waals surface area contributed by atoms with Crippen LogP contribution in [0.3, 0.4) is 0 Å². The first-order chi connectivity index (χ1) is 22.7. The lowest BCUT2D eigenvalue weighted by Crippen LogP contribution is -2.59. The van der Waals surface area contributed by atoms with Crippen LogP contribution in [0.4, 0.5) is 11.4 Å². The summed E-state index contributed by atoms with van der Waals surface area (Å²) in [4.78, 5) is 54.1. The molecule has 0 amide bonds. The molecule has 2 heterocycles. The van der Waals surface area contributed by atoms with Crippen LogP contribution >= 0.6 is 0 Å². The Morgan fingerprint density at radius 2 is 1.26 bits per heavy atom. The molecule has 11 heteroatoms. The van der Waals surface area contributed by atoms with Crippen LogP contribution in [0.2, 0.25) is 0 Å². The van der Waals surface area contributed by atoms with E-state index in [4.69, 9.17) is 9.47 Å². The lowest BCUT2D eigenvalue weighted by atomic mass is 9.54. The highest BCUT2D eigenvalue weighted by molar-refractivity contribution is 6.08. The van der Waals surface area contributed by atoms with Gasteiger partial charge >= 0.3 is 11.9 Å². The van der Waals surface area contributed by atoms with E-state index in [1.54, 1.807) is 18.7 Å². The van der Waals surface area contributed by atoms with Crippen molar-refractivity contribution in [2.75, 3.05) is 19.8 Å². The van der Waals surface area contributed by atoms with Crippen LogP contribution in [0.25, 0.3) is 11.1 Å². The van der Waals surface area contributed by atoms with Gasteiger partial charge in [0.15, 0.2) is 0 Å². The molecule has 2 aliphatic heterocycles. The van der Waals surface area contributed by atoms with Crippen LogP contribution in [-0.2, 0) is 36.4 Å². The highest BCUT2D eigenvalue weighted by atomic mass is 16.6. The van der Waals surface area contributed by atoms with Crippen molar-refractivity contribution in [2.45, 2.75) is 31.2 Å². The third-order valence-electron chi connectivity index (χ3n) is 9.48. The molecule has 1 atom stereocenters. The molecule has 1 aliphatic carbocycles. The average Bonchev–Trinajstić information content (AvgIpc) is 3.54. The second-order valence-corrected chi connectivity index (χ2v) is 11.5. The molecule has 3 aliphatic rings. The number of rotatable bonds is 7. The summed E-state index contributed by atoms with van der Waals surface area (Å²) in [5, 5.41) is 24.8. The van der Waals surface area contributed by atoms with E-state index < -0.39 is 44.1 Å². The van der Waals surface area contributed by atoms with E-state index in [-0.39, 0.29) is 36.6 Å². The number of non-ortho nitro benzene ring substituents is 2. The fraction of sp³-hybridized carbons (Fsp3) is 0.222. The summed E-state index contributed by atoms with van der Waals surface area (Å²) >= 11 is 0. The van der Waals surface area contributed by atoms with Crippen LogP contribution in [0, 0.1) is 20.2 Å². The molecule has 1 unspecified atom stereocenters. The molecule has 47 heavy (non-hydrogen) atoms. The van der Waals surface area contributed by atoms with Crippen molar-refractivity contribution in [1.82, 2.24) is 4.90 Å². The van der Waals surface area contributed by atoms with E-state index in [0.717, 1.165) is 22.8 Å². The third-order valence-corrected chi connectivity index (χ3v) is 9.48. The molecular weight excluding hydrogens is 602 g/mol. The predicted octanol–water partition coefficient (Wildman–Crippen LogP) is 5.97. The number of nitro benzene ring substituents is 2. The minimum atomic E-state index is -1.62. The van der Waals surface area contributed by atoms with Crippen molar-refractivity contribution in [3.63, 3.8) is 0 Å². The first kappa shape index (κ1) is 29.8. The van der Waals surface area contributed by atoms with Gasteiger partial charge in [-0.25, -0.2) is 9.59 Å². The van der Waals surface area contributed by atoms with Crippen LogP contribution in [-0.4, -0.2) is 46.4 Å². The molecule has 4 aromatic rings. The SMILES string of the molecule is CCOC(=O)C1=C(C(=O)OCC)C2(c3ccccc3-c3ccccc32)C2(c3cc([N+](=O)[O-])cc([N+](=O)[O-])c3)c3ccccc3CCN12. The first-order valence-corrected chi connectivity index (χ1v) is 15.3. The van der Waals surface area contributed by atoms with E-state index in [2.05, 4.69) is 0 Å². The maximum absolute atomic E-state index is 14.6. The topological polar surface area (TPSA) is 142 Å². The molecule has 1 spiro atoms. The average molecular weight is 632 g/mol. The normalized spacial score (nSPS) is 18.2. The molecule has 4 aromatic carbocycles. The first-order valence-electron chi connectivity index (χ1n) is 15.3. The standard InChI is InChI=1S/C36H29N3O8/c1-3-46-33(40)31-32(34(41)47-4-2)37-18-17-22-11-5-8-14-28(22)36(37,23-19-24(38(42)43)21-25(20-23)39(44)45)35(31)29-15-9-6-12-26(29)27-13-7-10-16-30(27)35/h5-16,19-21H,3-4,17-18H2,1-2H3. The summed E-state index contributed by atoms with van der Waals surface area (Å²) in [5.74, 6) is -1.52. The Labute approximate surface area is 269 Å². The molecular formula is C36H29N3O8. The molecule has 0 aromatic heterocycles. The molecule has 7 rings (SSSR count). The number of nitro groups is 2. The predicted molar refractivity (Wildman–Crippen MR) is 170 cm³/mol. The van der Waals surface area contributed by atoms with Gasteiger partial charge in [0.2, 0.25) is 0 Å². The van der Waals surface area contributed by atoms with Gasteiger partial charge in [-0.3, -0.25) is 20.2 Å². The number of fused-ring (bicyclic) bond motifs is 9. The van der Waals surface area contributed by atoms with Crippen molar-refractivity contribution in [3.05, 3.63) is 150 Å². The van der Waals surface area contributed by atoms with Gasteiger partial charge in [0.05, 0.1) is 40.1 Å². The van der Waals surface area contributed by atoms with Gasteiger partial charge in [-0.1, -0.05) is 72.8 Å². The summed E-state index contributed by atoms with van der Waals surface area (Å²) in [5.41, 5.74) is 0.362. The van der Waals surface area contributed by atoms with Gasteiger partial charge < -0.3 is 14.4 Å². The van der Waals surface area contributed by atoms with Gasteiger partial charge in [-0.15, -0.1) is 0 Å². The van der Waals surface area contributed by atoms with Gasteiger partial charge in [-0.05, 0) is 59.2 Å². The zero-order chi connectivity index (χ0) is 33.1. The summed E-state index contributed by atoms with van der Waals surface area (Å²) in [7, 11) is 0. The molecule has 11 nitrogen and oxygen atoms in total. The molecule has 236 valence electrons. The third kappa shape index (κ3) is 3.86. The Kier molecular flexibility index (Phi) is 6.92. The fourth-order valence-electron chi connectivity index (χ4n) is 8.12. The number of carbonyl (C=O) groups excluding carboxylic acids is 2. The Morgan fingerprint density at radius 1 is 0.745 bits per heavy atom. The van der Waals surface area contributed by atoms with Gasteiger partial charge in [0.1, 0.15) is 11.2 Å². The van der Waals surface area contributed by atoms with Crippen molar-refractivity contribution in [2.24, 2.45) is 0 Å². The molecule has 0 saturated carbocycles. The molecule has 0 N–H and O–H groups in total. The van der Waals surface area contributed by atoms with E-state index in [1.807, 2.05) is 72.8 Å². The maximum Gasteiger partial charge on any atom is 0.355 e. The van der Waals surface area contributed by atoms with Crippen LogP contribution in [0.1, 0.15) is 41.7 Å². The molecule has 0 fully saturated rings. The van der Waals surface area contributed by atoms with E-state index >= 15 is 0 Å². The Balaban J connectivity index is 1.79. The van der Waals surface area contributed by atoms with Crippen molar-refractivity contribution in [3.8, 4) is 11.1 Å². The van der Waals surface area contributed by atoms with Gasteiger partial charge in [0, 0.05) is 18.7 Å². The lowest BCUT2D eigenvalue weighted by molar-refractivity contribution is -0.394. The minimum absolute atomic E-state index is 0.00365. The van der Waals surface area contributed by atoms with Crippen LogP contribution in [0.5, 0.6) is 0 Å². The summed E-state index contributed by atoms with van der Waals surface area (Å²) < 4.78 is 11.4. The number of hydrogen-bond donors (Lipinski definition) is 0. The summed E-state index contributed by atoms with van der Waals surface area (Å²) in [6, 6.07) is 26.1. The number of benzene rings is 4.